The van der Waals surface area contributed by atoms with Crippen LogP contribution in [-0.2, 0) is 16.0 Å². The number of likely N-dealkylation sites (tertiary alicyclic amines) is 1. The van der Waals surface area contributed by atoms with Crippen LogP contribution < -0.4 is 14.8 Å². The van der Waals surface area contributed by atoms with Crippen molar-refractivity contribution in [2.24, 2.45) is 5.92 Å². The molecule has 0 saturated carbocycles. The molecular weight excluding hydrogens is 332 g/mol. The summed E-state index contributed by atoms with van der Waals surface area (Å²) in [6, 6.07) is 3.82. The van der Waals surface area contributed by atoms with Gasteiger partial charge in [-0.25, -0.2) is 0 Å². The Bertz CT molecular complexity index is 689. The number of hydrogen-bond donors (Lipinski definition) is 1. The van der Waals surface area contributed by atoms with E-state index in [2.05, 4.69) is 5.32 Å². The Morgan fingerprint density at radius 2 is 2.15 bits per heavy atom. The van der Waals surface area contributed by atoms with Crippen molar-refractivity contribution in [3.8, 4) is 11.5 Å². The number of hydrogen-bond acceptors (Lipinski definition) is 4. The molecule has 2 aliphatic heterocycles. The van der Waals surface area contributed by atoms with Crippen molar-refractivity contribution in [2.45, 2.75) is 52.6 Å². The molecule has 1 aromatic carbocycles. The number of anilines is 1. The number of piperidine rings is 1. The van der Waals surface area contributed by atoms with Gasteiger partial charge in [-0.05, 0) is 32.8 Å². The molecule has 2 unspecified atom stereocenters. The molecule has 1 aromatic rings. The summed E-state index contributed by atoms with van der Waals surface area (Å²) in [5.74, 6) is 1.34. The second-order valence-corrected chi connectivity index (χ2v) is 7.04. The van der Waals surface area contributed by atoms with Gasteiger partial charge in [-0.3, -0.25) is 9.59 Å². The predicted octanol–water partition coefficient (Wildman–Crippen LogP) is 3.00. The van der Waals surface area contributed by atoms with E-state index in [0.29, 0.717) is 31.0 Å². The van der Waals surface area contributed by atoms with Gasteiger partial charge >= 0.3 is 0 Å². The normalized spacial score (nSPS) is 21.7. The van der Waals surface area contributed by atoms with E-state index in [1.807, 2.05) is 32.9 Å². The third-order valence-electron chi connectivity index (χ3n) is 5.00. The number of nitrogens with zero attached hydrogens (tertiary/aromatic N) is 1. The minimum absolute atomic E-state index is 0.0643. The Hall–Kier alpha value is -2.24. The number of amides is 2. The molecule has 2 atom stereocenters. The minimum atomic E-state index is -0.193. The summed E-state index contributed by atoms with van der Waals surface area (Å²) in [6.07, 6.45) is 3.11. The summed E-state index contributed by atoms with van der Waals surface area (Å²) >= 11 is 0. The number of fused-ring (bicyclic) bond motifs is 1. The number of carbonyl (C=O) groups excluding carboxylic acids is 2. The molecule has 6 heteroatoms. The maximum absolute atomic E-state index is 12.8. The smallest absolute Gasteiger partial charge is 0.229 e. The first-order valence-corrected chi connectivity index (χ1v) is 9.56. The fourth-order valence-corrected chi connectivity index (χ4v) is 3.69. The van der Waals surface area contributed by atoms with Gasteiger partial charge in [-0.2, -0.15) is 0 Å². The first-order valence-electron chi connectivity index (χ1n) is 9.56. The van der Waals surface area contributed by atoms with Crippen LogP contribution in [0.15, 0.2) is 12.1 Å². The Kier molecular flexibility index (Phi) is 5.69. The minimum Gasteiger partial charge on any atom is -0.492 e. The van der Waals surface area contributed by atoms with Crippen LogP contribution in [0.1, 0.15) is 45.6 Å². The molecule has 2 amide bonds. The Labute approximate surface area is 154 Å². The molecular formula is C20H28N2O4. The summed E-state index contributed by atoms with van der Waals surface area (Å²) in [4.78, 5) is 26.5. The van der Waals surface area contributed by atoms with Crippen LogP contribution in [0.3, 0.4) is 0 Å². The molecule has 1 fully saturated rings. The zero-order chi connectivity index (χ0) is 18.7. The van der Waals surface area contributed by atoms with Crippen molar-refractivity contribution >= 4 is 17.5 Å². The van der Waals surface area contributed by atoms with Gasteiger partial charge in [-0.15, -0.1) is 0 Å². The summed E-state index contributed by atoms with van der Waals surface area (Å²) in [6.45, 7) is 7.56. The molecule has 2 aliphatic rings. The molecule has 1 saturated heterocycles. The van der Waals surface area contributed by atoms with Gasteiger partial charge in [0.2, 0.25) is 11.8 Å². The average molecular weight is 360 g/mol. The third kappa shape index (κ3) is 3.94. The monoisotopic (exact) mass is 360 g/mol. The average Bonchev–Trinajstić information content (AvgIpc) is 3.00. The van der Waals surface area contributed by atoms with E-state index in [0.717, 1.165) is 37.1 Å². The molecule has 2 heterocycles. The van der Waals surface area contributed by atoms with Crippen LogP contribution in [0.5, 0.6) is 11.5 Å². The lowest BCUT2D eigenvalue weighted by Gasteiger charge is -2.32. The highest BCUT2D eigenvalue weighted by Gasteiger charge is 2.29. The quantitative estimate of drug-likeness (QED) is 0.876. The molecule has 0 aromatic heterocycles. The van der Waals surface area contributed by atoms with Gasteiger partial charge in [0.15, 0.2) is 0 Å². The summed E-state index contributed by atoms with van der Waals surface area (Å²) in [7, 11) is 0. The zero-order valence-corrected chi connectivity index (χ0v) is 15.8. The fourth-order valence-electron chi connectivity index (χ4n) is 3.69. The fraction of sp³-hybridized carbons (Fsp3) is 0.600. The summed E-state index contributed by atoms with van der Waals surface area (Å²) < 4.78 is 11.5. The number of nitrogens with one attached hydrogen (secondary N) is 1. The standard InChI is InChI=1S/C20H28N2O4/c1-4-19(23)22-8-6-7-14(12-22)20(24)21-16-11-17-15(9-13(3)26-17)10-18(16)25-5-2/h10-11,13-14H,4-9,12H2,1-3H3,(H,21,24). The van der Waals surface area contributed by atoms with Gasteiger partial charge in [0.05, 0.1) is 18.2 Å². The SMILES string of the molecule is CCOc1cc2c(cc1NC(=O)C1CCCN(C(=O)CC)C1)OC(C)C2. The Morgan fingerprint density at radius 1 is 1.35 bits per heavy atom. The largest absolute Gasteiger partial charge is 0.492 e. The van der Waals surface area contributed by atoms with Crippen molar-refractivity contribution in [1.82, 2.24) is 4.90 Å². The highest BCUT2D eigenvalue weighted by Crippen LogP contribution is 2.38. The second-order valence-electron chi connectivity index (χ2n) is 7.04. The van der Waals surface area contributed by atoms with Gasteiger partial charge in [0.25, 0.3) is 0 Å². The Balaban J connectivity index is 1.74. The lowest BCUT2D eigenvalue weighted by atomic mass is 9.96. The first kappa shape index (κ1) is 18.5. The van der Waals surface area contributed by atoms with Crippen LogP contribution in [0.4, 0.5) is 5.69 Å². The third-order valence-corrected chi connectivity index (χ3v) is 5.00. The van der Waals surface area contributed by atoms with Crippen LogP contribution in [0, 0.1) is 5.92 Å². The van der Waals surface area contributed by atoms with E-state index in [9.17, 15) is 9.59 Å². The first-order chi connectivity index (χ1) is 12.5. The zero-order valence-electron chi connectivity index (χ0n) is 15.8. The van der Waals surface area contributed by atoms with Crippen LogP contribution >= 0.6 is 0 Å². The molecule has 0 spiro atoms. The predicted molar refractivity (Wildman–Crippen MR) is 99.6 cm³/mol. The van der Waals surface area contributed by atoms with Crippen LogP contribution in [0.2, 0.25) is 0 Å². The summed E-state index contributed by atoms with van der Waals surface area (Å²) in [5.41, 5.74) is 1.75. The van der Waals surface area contributed by atoms with Crippen molar-refractivity contribution in [2.75, 3.05) is 25.0 Å². The van der Waals surface area contributed by atoms with Crippen molar-refractivity contribution in [3.63, 3.8) is 0 Å². The lowest BCUT2D eigenvalue weighted by molar-refractivity contribution is -0.134. The molecule has 0 radical (unpaired) electrons. The van der Waals surface area contributed by atoms with E-state index in [1.54, 1.807) is 4.90 Å². The lowest BCUT2D eigenvalue weighted by Crippen LogP contribution is -2.43. The number of benzene rings is 1. The molecule has 3 rings (SSSR count). The van der Waals surface area contributed by atoms with Gasteiger partial charge in [-0.1, -0.05) is 6.92 Å². The number of carbonyl (C=O) groups is 2. The number of ether oxygens (including phenoxy) is 2. The molecule has 142 valence electrons. The van der Waals surface area contributed by atoms with Crippen molar-refractivity contribution in [3.05, 3.63) is 17.7 Å². The molecule has 6 nitrogen and oxygen atoms in total. The van der Waals surface area contributed by atoms with E-state index >= 15 is 0 Å². The van der Waals surface area contributed by atoms with E-state index in [1.165, 1.54) is 0 Å². The number of rotatable bonds is 5. The molecule has 0 bridgehead atoms. The maximum atomic E-state index is 12.8. The van der Waals surface area contributed by atoms with Gasteiger partial charge in [0, 0.05) is 37.6 Å². The van der Waals surface area contributed by atoms with Crippen molar-refractivity contribution < 1.29 is 19.1 Å². The van der Waals surface area contributed by atoms with Gasteiger partial charge in [0.1, 0.15) is 17.6 Å². The second kappa shape index (κ2) is 7.98. The maximum Gasteiger partial charge on any atom is 0.229 e. The van der Waals surface area contributed by atoms with Crippen LogP contribution in [-0.4, -0.2) is 42.5 Å². The van der Waals surface area contributed by atoms with Gasteiger partial charge < -0.3 is 19.7 Å². The van der Waals surface area contributed by atoms with Crippen LogP contribution in [0.25, 0.3) is 0 Å². The molecule has 26 heavy (non-hydrogen) atoms. The highest BCUT2D eigenvalue weighted by molar-refractivity contribution is 5.95. The van der Waals surface area contributed by atoms with E-state index in [4.69, 9.17) is 9.47 Å². The summed E-state index contributed by atoms with van der Waals surface area (Å²) in [5, 5.41) is 3.01. The Morgan fingerprint density at radius 3 is 2.88 bits per heavy atom. The molecule has 0 aliphatic carbocycles. The van der Waals surface area contributed by atoms with E-state index < -0.39 is 0 Å². The highest BCUT2D eigenvalue weighted by atomic mass is 16.5. The topological polar surface area (TPSA) is 67.9 Å². The molecule has 1 N–H and O–H groups in total. The van der Waals surface area contributed by atoms with E-state index in [-0.39, 0.29) is 23.8 Å². The van der Waals surface area contributed by atoms with Crippen molar-refractivity contribution in [1.29, 1.82) is 0 Å².